The molecule has 0 aromatic heterocycles. The Bertz CT molecular complexity index is 780. The zero-order valence-electron chi connectivity index (χ0n) is 14.8. The number of sulfonamides is 1. The second-order valence-electron chi connectivity index (χ2n) is 5.77. The molecule has 0 atom stereocenters. The van der Waals surface area contributed by atoms with Crippen LogP contribution in [0.2, 0.25) is 0 Å². The summed E-state index contributed by atoms with van der Waals surface area (Å²) in [6, 6.07) is 12.8. The molecule has 0 aliphatic carbocycles. The van der Waals surface area contributed by atoms with Crippen molar-refractivity contribution in [1.82, 2.24) is 0 Å². The molecule has 0 saturated heterocycles. The van der Waals surface area contributed by atoms with Gasteiger partial charge in [-0.15, -0.1) is 0 Å². The summed E-state index contributed by atoms with van der Waals surface area (Å²) in [6.07, 6.45) is 0.889. The summed E-state index contributed by atoms with van der Waals surface area (Å²) in [5, 5.41) is 0. The third kappa shape index (κ3) is 4.09. The first-order chi connectivity index (χ1) is 11.4. The van der Waals surface area contributed by atoms with Crippen LogP contribution in [0.15, 0.2) is 47.4 Å². The van der Waals surface area contributed by atoms with E-state index >= 15 is 0 Å². The Morgan fingerprint density at radius 3 is 2.08 bits per heavy atom. The molecule has 0 spiro atoms. The number of aryl methyl sites for hydroxylation is 2. The monoisotopic (exact) mass is 346 g/mol. The first-order valence-corrected chi connectivity index (χ1v) is 9.87. The van der Waals surface area contributed by atoms with E-state index in [1.54, 1.807) is 12.1 Å². The zero-order valence-corrected chi connectivity index (χ0v) is 15.7. The summed E-state index contributed by atoms with van der Waals surface area (Å²) in [7, 11) is -3.57. The predicted molar refractivity (Wildman–Crippen MR) is 101 cm³/mol. The fourth-order valence-electron chi connectivity index (χ4n) is 2.66. The molecule has 0 amide bonds. The highest BCUT2D eigenvalue weighted by Gasteiger charge is 2.15. The van der Waals surface area contributed by atoms with Crippen molar-refractivity contribution in [3.8, 4) is 0 Å². The zero-order chi connectivity index (χ0) is 17.7. The molecule has 0 fully saturated rings. The summed E-state index contributed by atoms with van der Waals surface area (Å²) < 4.78 is 27.8. The first-order valence-electron chi connectivity index (χ1n) is 8.38. The van der Waals surface area contributed by atoms with Gasteiger partial charge in [0.1, 0.15) is 0 Å². The number of nitrogens with one attached hydrogen (secondary N) is 1. The fraction of sp³-hybridized carbons (Fsp3) is 0.368. The van der Waals surface area contributed by atoms with E-state index in [0.29, 0.717) is 5.69 Å². The Kier molecular flexibility index (Phi) is 5.89. The molecule has 0 radical (unpaired) electrons. The summed E-state index contributed by atoms with van der Waals surface area (Å²) in [5.41, 5.74) is 3.75. The third-order valence-corrected chi connectivity index (χ3v) is 5.61. The molecule has 2 rings (SSSR count). The van der Waals surface area contributed by atoms with Gasteiger partial charge in [0.15, 0.2) is 0 Å². The molecule has 0 bridgehead atoms. The van der Waals surface area contributed by atoms with Gasteiger partial charge >= 0.3 is 0 Å². The van der Waals surface area contributed by atoms with Crippen LogP contribution in [0.3, 0.4) is 0 Å². The van der Waals surface area contributed by atoms with Gasteiger partial charge in [-0.2, -0.15) is 0 Å². The molecule has 5 heteroatoms. The van der Waals surface area contributed by atoms with E-state index in [2.05, 4.69) is 23.5 Å². The Labute approximate surface area is 145 Å². The topological polar surface area (TPSA) is 49.4 Å². The lowest BCUT2D eigenvalue weighted by Crippen LogP contribution is -2.22. The van der Waals surface area contributed by atoms with E-state index in [-0.39, 0.29) is 4.90 Å². The van der Waals surface area contributed by atoms with Crippen molar-refractivity contribution in [3.63, 3.8) is 0 Å². The molecule has 0 heterocycles. The Morgan fingerprint density at radius 1 is 0.958 bits per heavy atom. The minimum atomic E-state index is -3.57. The Hall–Kier alpha value is -2.01. The summed E-state index contributed by atoms with van der Waals surface area (Å²) >= 11 is 0. The van der Waals surface area contributed by atoms with Crippen LogP contribution in [0.25, 0.3) is 0 Å². The number of nitrogens with zero attached hydrogens (tertiary/aromatic N) is 1. The Morgan fingerprint density at radius 2 is 1.58 bits per heavy atom. The third-order valence-electron chi connectivity index (χ3n) is 4.22. The van der Waals surface area contributed by atoms with Crippen molar-refractivity contribution >= 4 is 21.4 Å². The quantitative estimate of drug-likeness (QED) is 0.817. The molecule has 4 nitrogen and oxygen atoms in total. The van der Waals surface area contributed by atoms with Gasteiger partial charge in [0.25, 0.3) is 10.0 Å². The lowest BCUT2D eigenvalue weighted by atomic mass is 10.1. The van der Waals surface area contributed by atoms with Gasteiger partial charge < -0.3 is 4.90 Å². The first kappa shape index (κ1) is 18.3. The normalized spacial score (nSPS) is 11.3. The van der Waals surface area contributed by atoms with Crippen molar-refractivity contribution < 1.29 is 8.42 Å². The SMILES string of the molecule is CCc1ccc(S(=O)(=O)Nc2ccc(N(CC)CC)cc2C)cc1. The molecule has 0 aliphatic heterocycles. The Balaban J connectivity index is 2.25. The predicted octanol–water partition coefficient (Wildman–Crippen LogP) is 4.20. The van der Waals surface area contributed by atoms with Crippen LogP contribution in [0.5, 0.6) is 0 Å². The molecule has 0 saturated carbocycles. The molecule has 0 unspecified atom stereocenters. The van der Waals surface area contributed by atoms with Crippen molar-refractivity contribution in [2.75, 3.05) is 22.7 Å². The number of anilines is 2. The van der Waals surface area contributed by atoms with E-state index in [0.717, 1.165) is 36.3 Å². The minimum Gasteiger partial charge on any atom is -0.372 e. The minimum absolute atomic E-state index is 0.284. The number of hydrogen-bond donors (Lipinski definition) is 1. The largest absolute Gasteiger partial charge is 0.372 e. The maximum atomic E-state index is 12.6. The van der Waals surface area contributed by atoms with Crippen molar-refractivity contribution in [1.29, 1.82) is 0 Å². The van der Waals surface area contributed by atoms with Gasteiger partial charge in [0, 0.05) is 18.8 Å². The van der Waals surface area contributed by atoms with Crippen molar-refractivity contribution in [2.45, 2.75) is 39.0 Å². The van der Waals surface area contributed by atoms with Crippen LogP contribution in [0.1, 0.15) is 31.9 Å². The molecule has 0 aliphatic rings. The van der Waals surface area contributed by atoms with Crippen molar-refractivity contribution in [2.24, 2.45) is 0 Å². The summed E-state index contributed by atoms with van der Waals surface area (Å²) in [5.74, 6) is 0. The maximum Gasteiger partial charge on any atom is 0.261 e. The van der Waals surface area contributed by atoms with Gasteiger partial charge in [0.2, 0.25) is 0 Å². The lowest BCUT2D eigenvalue weighted by Gasteiger charge is -2.22. The van der Waals surface area contributed by atoms with Crippen LogP contribution in [-0.4, -0.2) is 21.5 Å². The number of rotatable bonds is 7. The van der Waals surface area contributed by atoms with Crippen molar-refractivity contribution in [3.05, 3.63) is 53.6 Å². The number of benzene rings is 2. The standard InChI is InChI=1S/C19H26N2O2S/c1-5-16-8-11-18(12-9-16)24(22,23)20-19-13-10-17(14-15(19)4)21(6-2)7-3/h8-14,20H,5-7H2,1-4H3. The highest BCUT2D eigenvalue weighted by Crippen LogP contribution is 2.25. The van der Waals surface area contributed by atoms with E-state index in [9.17, 15) is 8.42 Å². The summed E-state index contributed by atoms with van der Waals surface area (Å²) in [6.45, 7) is 10.0. The average molecular weight is 346 g/mol. The van der Waals surface area contributed by atoms with Gasteiger partial charge in [-0.05, 0) is 68.7 Å². The molecular formula is C19H26N2O2S. The van der Waals surface area contributed by atoms with Crippen LogP contribution in [-0.2, 0) is 16.4 Å². The van der Waals surface area contributed by atoms with E-state index in [1.165, 1.54) is 0 Å². The van der Waals surface area contributed by atoms with Crippen LogP contribution >= 0.6 is 0 Å². The fourth-order valence-corrected chi connectivity index (χ4v) is 3.79. The van der Waals surface area contributed by atoms with Gasteiger partial charge in [-0.1, -0.05) is 19.1 Å². The second-order valence-corrected chi connectivity index (χ2v) is 7.46. The van der Waals surface area contributed by atoms with E-state index in [1.807, 2.05) is 44.2 Å². The van der Waals surface area contributed by atoms with Crippen LogP contribution in [0.4, 0.5) is 11.4 Å². The van der Waals surface area contributed by atoms with Gasteiger partial charge in [-0.25, -0.2) is 8.42 Å². The molecule has 130 valence electrons. The van der Waals surface area contributed by atoms with E-state index < -0.39 is 10.0 Å². The van der Waals surface area contributed by atoms with Gasteiger partial charge in [-0.3, -0.25) is 4.72 Å². The van der Waals surface area contributed by atoms with Crippen LogP contribution in [0, 0.1) is 6.92 Å². The summed E-state index contributed by atoms with van der Waals surface area (Å²) in [4.78, 5) is 2.52. The maximum absolute atomic E-state index is 12.6. The lowest BCUT2D eigenvalue weighted by molar-refractivity contribution is 0.601. The number of hydrogen-bond acceptors (Lipinski definition) is 3. The average Bonchev–Trinajstić information content (AvgIpc) is 2.58. The highest BCUT2D eigenvalue weighted by atomic mass is 32.2. The molecular weight excluding hydrogens is 320 g/mol. The van der Waals surface area contributed by atoms with E-state index in [4.69, 9.17) is 0 Å². The molecule has 1 N–H and O–H groups in total. The molecule has 2 aromatic rings. The smallest absolute Gasteiger partial charge is 0.261 e. The second kappa shape index (κ2) is 7.71. The highest BCUT2D eigenvalue weighted by molar-refractivity contribution is 7.92. The van der Waals surface area contributed by atoms with Crippen LogP contribution < -0.4 is 9.62 Å². The molecule has 24 heavy (non-hydrogen) atoms. The van der Waals surface area contributed by atoms with Gasteiger partial charge in [0.05, 0.1) is 10.6 Å². The molecule has 2 aromatic carbocycles.